The molecule has 0 spiro atoms. The van der Waals surface area contributed by atoms with Crippen molar-refractivity contribution in [3.63, 3.8) is 0 Å². The number of hydrazine groups is 1. The van der Waals surface area contributed by atoms with Gasteiger partial charge in [0.2, 0.25) is 0 Å². The predicted octanol–water partition coefficient (Wildman–Crippen LogP) is 3.02. The van der Waals surface area contributed by atoms with Crippen LogP contribution >= 0.6 is 0 Å². The Kier molecular flexibility index (Phi) is 5.12. The van der Waals surface area contributed by atoms with Gasteiger partial charge in [-0.25, -0.2) is 14.4 Å². The van der Waals surface area contributed by atoms with Gasteiger partial charge in [0.1, 0.15) is 11.3 Å². The Bertz CT molecular complexity index is 1030. The minimum absolute atomic E-state index is 0.00207. The number of aromatic nitrogens is 2. The number of fused-ring (bicyclic) bond motifs is 1. The lowest BCUT2D eigenvalue weighted by atomic mass is 10.1. The number of halogens is 1. The number of rotatable bonds is 3. The fourth-order valence-corrected chi connectivity index (χ4v) is 2.62. The number of hydrogen-bond acceptors (Lipinski definition) is 4. The van der Waals surface area contributed by atoms with Crippen molar-refractivity contribution in [2.24, 2.45) is 0 Å². The number of carbonyl (C=O) groups excluding carboxylic acids is 2. The zero-order valence-electron chi connectivity index (χ0n) is 15.3. The van der Waals surface area contributed by atoms with Crippen LogP contribution in [0.15, 0.2) is 36.4 Å². The van der Waals surface area contributed by atoms with Gasteiger partial charge in [0, 0.05) is 11.6 Å². The number of carbonyl (C=O) groups is 2. The Morgan fingerprint density at radius 3 is 2.26 bits per heavy atom. The number of nitrogens with one attached hydrogen (secondary N) is 2. The van der Waals surface area contributed by atoms with Crippen LogP contribution in [0, 0.1) is 19.7 Å². The van der Waals surface area contributed by atoms with Crippen LogP contribution in [0.4, 0.5) is 4.39 Å². The van der Waals surface area contributed by atoms with Crippen LogP contribution in [0.5, 0.6) is 0 Å². The molecule has 0 aliphatic heterocycles. The highest BCUT2D eigenvalue weighted by Crippen LogP contribution is 2.19. The highest BCUT2D eigenvalue weighted by molar-refractivity contribution is 6.06. The third kappa shape index (κ3) is 3.92. The van der Waals surface area contributed by atoms with E-state index in [4.69, 9.17) is 0 Å². The molecule has 7 heteroatoms. The van der Waals surface area contributed by atoms with Gasteiger partial charge in [0.15, 0.2) is 0 Å². The summed E-state index contributed by atoms with van der Waals surface area (Å²) < 4.78 is 13.9. The molecular weight excluding hydrogens is 347 g/mol. The second-order valence-electron chi connectivity index (χ2n) is 6.17. The molecule has 0 unspecified atom stereocenters. The summed E-state index contributed by atoms with van der Waals surface area (Å²) in [7, 11) is 0. The molecule has 0 fully saturated rings. The fourth-order valence-electron chi connectivity index (χ4n) is 2.62. The zero-order valence-corrected chi connectivity index (χ0v) is 15.3. The lowest BCUT2D eigenvalue weighted by Gasteiger charge is -2.10. The molecule has 0 saturated heterocycles. The van der Waals surface area contributed by atoms with Gasteiger partial charge in [0.05, 0.1) is 22.5 Å². The average molecular weight is 366 g/mol. The van der Waals surface area contributed by atoms with Crippen molar-refractivity contribution in [3.8, 4) is 0 Å². The molecule has 138 valence electrons. The summed E-state index contributed by atoms with van der Waals surface area (Å²) >= 11 is 0. The third-order valence-electron chi connectivity index (χ3n) is 4.30. The standard InChI is InChI=1S/C20H19FN4O2/c1-4-13-5-7-14(8-6-13)19(26)24-25-20(27)16-9-15(21)10-17-18(16)23-12(3)11(2)22-17/h5-10H,4H2,1-3H3,(H,24,26)(H,25,27). The third-order valence-corrected chi connectivity index (χ3v) is 4.30. The predicted molar refractivity (Wildman–Crippen MR) is 99.7 cm³/mol. The first-order chi connectivity index (χ1) is 12.9. The molecule has 3 aromatic rings. The summed E-state index contributed by atoms with van der Waals surface area (Å²) in [5.74, 6) is -1.74. The van der Waals surface area contributed by atoms with Gasteiger partial charge in [-0.2, -0.15) is 0 Å². The highest BCUT2D eigenvalue weighted by atomic mass is 19.1. The van der Waals surface area contributed by atoms with Gasteiger partial charge >= 0.3 is 0 Å². The van der Waals surface area contributed by atoms with E-state index in [1.165, 1.54) is 6.07 Å². The number of amides is 2. The van der Waals surface area contributed by atoms with Gasteiger partial charge in [-0.05, 0) is 44.0 Å². The molecule has 0 aliphatic rings. The summed E-state index contributed by atoms with van der Waals surface area (Å²) in [6.07, 6.45) is 0.866. The molecule has 1 heterocycles. The Morgan fingerprint density at radius 1 is 0.963 bits per heavy atom. The highest BCUT2D eigenvalue weighted by Gasteiger charge is 2.16. The summed E-state index contributed by atoms with van der Waals surface area (Å²) in [6, 6.07) is 9.34. The first-order valence-corrected chi connectivity index (χ1v) is 8.53. The monoisotopic (exact) mass is 366 g/mol. The van der Waals surface area contributed by atoms with E-state index in [1.807, 2.05) is 19.1 Å². The summed E-state index contributed by atoms with van der Waals surface area (Å²) in [4.78, 5) is 33.3. The van der Waals surface area contributed by atoms with E-state index in [2.05, 4.69) is 20.8 Å². The summed E-state index contributed by atoms with van der Waals surface area (Å²) in [5.41, 5.74) is 8.01. The molecule has 2 aromatic carbocycles. The smallest absolute Gasteiger partial charge is 0.267 e. The molecule has 27 heavy (non-hydrogen) atoms. The van der Waals surface area contributed by atoms with Crippen molar-refractivity contribution >= 4 is 22.8 Å². The van der Waals surface area contributed by atoms with Crippen LogP contribution in [0.2, 0.25) is 0 Å². The van der Waals surface area contributed by atoms with Crippen molar-refractivity contribution in [1.29, 1.82) is 0 Å². The first kappa shape index (κ1) is 18.4. The number of hydrogen-bond donors (Lipinski definition) is 2. The maximum absolute atomic E-state index is 13.9. The van der Waals surface area contributed by atoms with Crippen molar-refractivity contribution in [1.82, 2.24) is 20.8 Å². The zero-order chi connectivity index (χ0) is 19.6. The maximum atomic E-state index is 13.9. The van der Waals surface area contributed by atoms with E-state index >= 15 is 0 Å². The second kappa shape index (κ2) is 7.49. The summed E-state index contributed by atoms with van der Waals surface area (Å²) in [5, 5.41) is 0. The fraction of sp³-hybridized carbons (Fsp3) is 0.200. The molecule has 6 nitrogen and oxygen atoms in total. The van der Waals surface area contributed by atoms with E-state index in [9.17, 15) is 14.0 Å². The Labute approximate surface area is 155 Å². The number of nitrogens with zero attached hydrogens (tertiary/aromatic N) is 2. The van der Waals surface area contributed by atoms with Crippen molar-refractivity contribution < 1.29 is 14.0 Å². The van der Waals surface area contributed by atoms with Gasteiger partial charge in [-0.3, -0.25) is 20.4 Å². The molecule has 2 amide bonds. The molecule has 0 radical (unpaired) electrons. The first-order valence-electron chi connectivity index (χ1n) is 8.53. The normalized spacial score (nSPS) is 10.7. The molecule has 3 rings (SSSR count). The van der Waals surface area contributed by atoms with Crippen LogP contribution in [0.25, 0.3) is 11.0 Å². The molecule has 0 bridgehead atoms. The minimum Gasteiger partial charge on any atom is -0.267 e. The average Bonchev–Trinajstić information content (AvgIpc) is 2.66. The van der Waals surface area contributed by atoms with Crippen LogP contribution in [0.3, 0.4) is 0 Å². The van der Waals surface area contributed by atoms with Gasteiger partial charge in [-0.15, -0.1) is 0 Å². The lowest BCUT2D eigenvalue weighted by molar-refractivity contribution is 0.0847. The maximum Gasteiger partial charge on any atom is 0.272 e. The lowest BCUT2D eigenvalue weighted by Crippen LogP contribution is -2.41. The minimum atomic E-state index is -0.671. The topological polar surface area (TPSA) is 84.0 Å². The number of benzene rings is 2. The Hall–Kier alpha value is -3.35. The molecule has 1 aromatic heterocycles. The molecule has 0 atom stereocenters. The van der Waals surface area contributed by atoms with Crippen molar-refractivity contribution in [3.05, 3.63) is 70.3 Å². The number of aryl methyl sites for hydroxylation is 3. The van der Waals surface area contributed by atoms with Crippen LogP contribution < -0.4 is 10.9 Å². The van der Waals surface area contributed by atoms with Crippen molar-refractivity contribution in [2.45, 2.75) is 27.2 Å². The van der Waals surface area contributed by atoms with Crippen LogP contribution in [0.1, 0.15) is 44.6 Å². The van der Waals surface area contributed by atoms with E-state index in [-0.39, 0.29) is 16.6 Å². The molecule has 0 saturated carbocycles. The Balaban J connectivity index is 1.81. The van der Waals surface area contributed by atoms with E-state index < -0.39 is 17.6 Å². The van der Waals surface area contributed by atoms with Crippen LogP contribution in [-0.4, -0.2) is 21.8 Å². The molecule has 0 aliphatic carbocycles. The van der Waals surface area contributed by atoms with E-state index in [1.54, 1.807) is 26.0 Å². The van der Waals surface area contributed by atoms with Gasteiger partial charge < -0.3 is 0 Å². The van der Waals surface area contributed by atoms with E-state index in [0.29, 0.717) is 17.0 Å². The Morgan fingerprint density at radius 2 is 1.59 bits per heavy atom. The largest absolute Gasteiger partial charge is 0.272 e. The quantitative estimate of drug-likeness (QED) is 0.698. The second-order valence-corrected chi connectivity index (χ2v) is 6.17. The van der Waals surface area contributed by atoms with Gasteiger partial charge in [0.25, 0.3) is 11.8 Å². The SMILES string of the molecule is CCc1ccc(C(=O)NNC(=O)c2cc(F)cc3nc(C)c(C)nc23)cc1. The van der Waals surface area contributed by atoms with E-state index in [0.717, 1.165) is 18.1 Å². The summed E-state index contributed by atoms with van der Waals surface area (Å²) in [6.45, 7) is 5.54. The van der Waals surface area contributed by atoms with Crippen LogP contribution in [-0.2, 0) is 6.42 Å². The molecule has 2 N–H and O–H groups in total. The molecular formula is C20H19FN4O2. The van der Waals surface area contributed by atoms with Crippen molar-refractivity contribution in [2.75, 3.05) is 0 Å². The van der Waals surface area contributed by atoms with Gasteiger partial charge in [-0.1, -0.05) is 19.1 Å².